The number of anilines is 4. The first-order valence-corrected chi connectivity index (χ1v) is 12.8. The van der Waals surface area contributed by atoms with Crippen LogP contribution in [-0.2, 0) is 13.6 Å². The first-order valence-electron chi connectivity index (χ1n) is 11.6. The van der Waals surface area contributed by atoms with Crippen molar-refractivity contribution in [3.63, 3.8) is 0 Å². The van der Waals surface area contributed by atoms with Gasteiger partial charge in [-0.2, -0.15) is 4.98 Å². The summed E-state index contributed by atoms with van der Waals surface area (Å²) in [7, 11) is 2.01. The van der Waals surface area contributed by atoms with Crippen LogP contribution in [0, 0.1) is 0 Å². The van der Waals surface area contributed by atoms with Gasteiger partial charge in [0, 0.05) is 49.1 Å². The molecule has 3 N–H and O–H groups in total. The molecule has 0 unspecified atom stereocenters. The number of hydrogen-bond acceptors (Lipinski definition) is 7. The minimum atomic E-state index is -0.167. The Kier molecular flexibility index (Phi) is 6.60. The van der Waals surface area contributed by atoms with Crippen molar-refractivity contribution in [2.75, 3.05) is 34.9 Å². The Morgan fingerprint density at radius 1 is 1.03 bits per heavy atom. The summed E-state index contributed by atoms with van der Waals surface area (Å²) in [6.45, 7) is 2.46. The Balaban J connectivity index is 1.35. The average molecular weight is 475 g/mol. The van der Waals surface area contributed by atoms with Gasteiger partial charge in [0.25, 0.3) is 0 Å². The summed E-state index contributed by atoms with van der Waals surface area (Å²) in [6, 6.07) is 18.8. The third kappa shape index (κ3) is 4.83. The van der Waals surface area contributed by atoms with Gasteiger partial charge in [-0.05, 0) is 61.1 Å². The van der Waals surface area contributed by atoms with Crippen LogP contribution < -0.4 is 15.5 Å². The minimum Gasteiger partial charge on any atom is -0.393 e. The van der Waals surface area contributed by atoms with E-state index in [0.29, 0.717) is 12.5 Å². The molecule has 0 atom stereocenters. The molecule has 1 aliphatic heterocycles. The van der Waals surface area contributed by atoms with Crippen LogP contribution in [0.15, 0.2) is 65.7 Å². The predicted octanol–water partition coefficient (Wildman–Crippen LogP) is 5.01. The van der Waals surface area contributed by atoms with Crippen LogP contribution in [0.1, 0.15) is 18.4 Å². The van der Waals surface area contributed by atoms with Gasteiger partial charge in [-0.15, -0.1) is 11.8 Å². The minimum absolute atomic E-state index is 0.167. The summed E-state index contributed by atoms with van der Waals surface area (Å²) in [6.07, 6.45) is 5.58. The number of thioether (sulfide) groups is 1. The second-order valence-corrected chi connectivity index (χ2v) is 9.46. The summed E-state index contributed by atoms with van der Waals surface area (Å²) in [5, 5.41) is 16.7. The standard InChI is InChI=1S/C26H30N6OS/c1-31-14-13-22-24(31)25(27-17-18-5-3-4-6-23(18)34-2)30-26(29-22)28-19-7-9-20(10-8-19)32-15-11-21(33)12-16-32/h3-10,13-14,21,33H,11-12,15-17H2,1-2H3,(H2,27,28,29,30). The predicted molar refractivity (Wildman–Crippen MR) is 141 cm³/mol. The van der Waals surface area contributed by atoms with E-state index in [1.807, 2.05) is 23.9 Å². The summed E-state index contributed by atoms with van der Waals surface area (Å²) in [4.78, 5) is 13.1. The smallest absolute Gasteiger partial charge is 0.229 e. The number of aryl methyl sites for hydroxylation is 1. The van der Waals surface area contributed by atoms with Gasteiger partial charge in [-0.1, -0.05) is 18.2 Å². The molecular formula is C26H30N6OS. The normalized spacial score (nSPS) is 14.5. The molecule has 7 nitrogen and oxygen atoms in total. The van der Waals surface area contributed by atoms with E-state index in [1.54, 1.807) is 11.8 Å². The number of aliphatic hydroxyl groups excluding tert-OH is 1. The lowest BCUT2D eigenvalue weighted by molar-refractivity contribution is 0.145. The van der Waals surface area contributed by atoms with E-state index in [1.165, 1.54) is 16.1 Å². The molecule has 1 saturated heterocycles. The van der Waals surface area contributed by atoms with Gasteiger partial charge in [-0.25, -0.2) is 4.98 Å². The van der Waals surface area contributed by atoms with Crippen molar-refractivity contribution < 1.29 is 5.11 Å². The van der Waals surface area contributed by atoms with Crippen LogP contribution in [0.25, 0.3) is 11.0 Å². The van der Waals surface area contributed by atoms with Gasteiger partial charge in [-0.3, -0.25) is 0 Å². The molecule has 0 aliphatic carbocycles. The first-order chi connectivity index (χ1) is 16.6. The van der Waals surface area contributed by atoms with Crippen LogP contribution in [0.4, 0.5) is 23.1 Å². The lowest BCUT2D eigenvalue weighted by Gasteiger charge is -2.31. The second-order valence-electron chi connectivity index (χ2n) is 8.61. The number of piperidine rings is 1. The quantitative estimate of drug-likeness (QED) is 0.325. The fourth-order valence-electron chi connectivity index (χ4n) is 4.41. The number of nitrogens with zero attached hydrogens (tertiary/aromatic N) is 4. The third-order valence-electron chi connectivity index (χ3n) is 6.31. The number of aliphatic hydroxyl groups is 1. The van der Waals surface area contributed by atoms with Crippen molar-refractivity contribution in [1.29, 1.82) is 0 Å². The Hall–Kier alpha value is -3.23. The molecule has 0 radical (unpaired) electrons. The molecule has 3 heterocycles. The third-order valence-corrected chi connectivity index (χ3v) is 7.15. The van der Waals surface area contributed by atoms with Crippen molar-refractivity contribution in [3.8, 4) is 0 Å². The molecule has 2 aromatic carbocycles. The van der Waals surface area contributed by atoms with Crippen molar-refractivity contribution in [3.05, 3.63) is 66.4 Å². The summed E-state index contributed by atoms with van der Waals surface area (Å²) in [5.41, 5.74) is 5.23. The molecule has 5 rings (SSSR count). The van der Waals surface area contributed by atoms with Crippen LogP contribution >= 0.6 is 11.8 Å². The SMILES string of the molecule is CSc1ccccc1CNc1nc(Nc2ccc(N3CCC(O)CC3)cc2)nc2ccn(C)c12. The van der Waals surface area contributed by atoms with Gasteiger partial charge in [0.15, 0.2) is 5.82 Å². The Morgan fingerprint density at radius 3 is 2.56 bits per heavy atom. The topological polar surface area (TPSA) is 78.2 Å². The number of nitrogens with one attached hydrogen (secondary N) is 2. The lowest BCUT2D eigenvalue weighted by atomic mass is 10.1. The fraction of sp³-hybridized carbons (Fsp3) is 0.308. The van der Waals surface area contributed by atoms with E-state index >= 15 is 0 Å². The Morgan fingerprint density at radius 2 is 1.79 bits per heavy atom. The lowest BCUT2D eigenvalue weighted by Crippen LogP contribution is -2.35. The number of benzene rings is 2. The van der Waals surface area contributed by atoms with Gasteiger partial charge < -0.3 is 25.2 Å². The van der Waals surface area contributed by atoms with Crippen LogP contribution in [0.5, 0.6) is 0 Å². The highest BCUT2D eigenvalue weighted by Crippen LogP contribution is 2.27. The maximum atomic E-state index is 9.75. The molecule has 1 aliphatic rings. The summed E-state index contributed by atoms with van der Waals surface area (Å²) >= 11 is 1.75. The van der Waals surface area contributed by atoms with Gasteiger partial charge in [0.05, 0.1) is 11.6 Å². The molecule has 1 fully saturated rings. The van der Waals surface area contributed by atoms with E-state index in [0.717, 1.165) is 48.5 Å². The van der Waals surface area contributed by atoms with Gasteiger partial charge >= 0.3 is 0 Å². The molecule has 0 amide bonds. The number of hydrogen-bond donors (Lipinski definition) is 3. The van der Waals surface area contributed by atoms with E-state index < -0.39 is 0 Å². The van der Waals surface area contributed by atoms with Crippen molar-refractivity contribution in [2.45, 2.75) is 30.4 Å². The summed E-state index contributed by atoms with van der Waals surface area (Å²) < 4.78 is 2.05. The molecule has 176 valence electrons. The zero-order valence-electron chi connectivity index (χ0n) is 19.5. The molecule has 0 bridgehead atoms. The molecule has 4 aromatic rings. The van der Waals surface area contributed by atoms with E-state index in [2.05, 4.69) is 70.3 Å². The highest BCUT2D eigenvalue weighted by molar-refractivity contribution is 7.98. The van der Waals surface area contributed by atoms with E-state index in [9.17, 15) is 5.11 Å². The Labute approximate surface area is 204 Å². The number of aromatic nitrogens is 3. The van der Waals surface area contributed by atoms with Crippen molar-refractivity contribution >= 4 is 45.9 Å². The van der Waals surface area contributed by atoms with Gasteiger partial charge in [0.2, 0.25) is 5.95 Å². The monoisotopic (exact) mass is 474 g/mol. The molecule has 34 heavy (non-hydrogen) atoms. The highest BCUT2D eigenvalue weighted by Gasteiger charge is 2.17. The fourth-order valence-corrected chi connectivity index (χ4v) is 5.03. The maximum Gasteiger partial charge on any atom is 0.229 e. The highest BCUT2D eigenvalue weighted by atomic mass is 32.2. The van der Waals surface area contributed by atoms with E-state index in [4.69, 9.17) is 9.97 Å². The van der Waals surface area contributed by atoms with Crippen molar-refractivity contribution in [2.24, 2.45) is 7.05 Å². The summed E-state index contributed by atoms with van der Waals surface area (Å²) in [5.74, 6) is 1.37. The first kappa shape index (κ1) is 22.6. The van der Waals surface area contributed by atoms with Crippen LogP contribution in [0.3, 0.4) is 0 Å². The van der Waals surface area contributed by atoms with Gasteiger partial charge in [0.1, 0.15) is 5.52 Å². The number of rotatable bonds is 7. The maximum absolute atomic E-state index is 9.75. The number of fused-ring (bicyclic) bond motifs is 1. The zero-order chi connectivity index (χ0) is 23.5. The molecule has 2 aromatic heterocycles. The van der Waals surface area contributed by atoms with E-state index in [-0.39, 0.29) is 6.10 Å². The molecule has 0 saturated carbocycles. The average Bonchev–Trinajstić information content (AvgIpc) is 3.24. The molecular weight excluding hydrogens is 444 g/mol. The largest absolute Gasteiger partial charge is 0.393 e. The second kappa shape index (κ2) is 9.95. The zero-order valence-corrected chi connectivity index (χ0v) is 20.3. The van der Waals surface area contributed by atoms with Crippen LogP contribution in [0.2, 0.25) is 0 Å². The van der Waals surface area contributed by atoms with Crippen LogP contribution in [-0.4, -0.2) is 45.1 Å². The molecule has 0 spiro atoms. The van der Waals surface area contributed by atoms with Crippen molar-refractivity contribution in [1.82, 2.24) is 14.5 Å². The Bertz CT molecular complexity index is 1260. The molecule has 8 heteroatoms.